The maximum atomic E-state index is 12.9. The molecule has 0 saturated carbocycles. The van der Waals surface area contributed by atoms with E-state index in [1.807, 2.05) is 17.0 Å². The summed E-state index contributed by atoms with van der Waals surface area (Å²) in [4.78, 5) is 17.5. The smallest absolute Gasteiger partial charge is 0.244 e. The average Bonchev–Trinajstić information content (AvgIpc) is 3.06. The first-order chi connectivity index (χ1) is 11.7. The summed E-state index contributed by atoms with van der Waals surface area (Å²) in [6.45, 7) is 4.49. The summed E-state index contributed by atoms with van der Waals surface area (Å²) in [5, 5.41) is 13.0. The monoisotopic (exact) mass is 401 g/mol. The first-order valence-corrected chi connectivity index (χ1v) is 9.24. The number of nitrogens with zero attached hydrogens (tertiary/aromatic N) is 2. The van der Waals surface area contributed by atoms with Crippen LogP contribution in [0.15, 0.2) is 24.3 Å². The van der Waals surface area contributed by atoms with Crippen molar-refractivity contribution in [1.29, 1.82) is 0 Å². The number of piperidine rings is 2. The molecule has 2 fully saturated rings. The highest BCUT2D eigenvalue weighted by atomic mass is 35.5. The standard InChI is InChI=1S/C19H27N3O2.2ClH/c23-16-7-11-21(12-8-16)15-5-9-22(10-6-15)19(24)18-17-4-2-1-3-14(17)13-20-18;;/h1-4,15-16,18,20,23H,5-13H2;2*1H. The highest BCUT2D eigenvalue weighted by Crippen LogP contribution is 2.28. The fourth-order valence-electron chi connectivity index (χ4n) is 4.40. The van der Waals surface area contributed by atoms with Crippen molar-refractivity contribution in [3.63, 3.8) is 0 Å². The normalized spacial score (nSPS) is 24.5. The Morgan fingerprint density at radius 2 is 1.65 bits per heavy atom. The lowest BCUT2D eigenvalue weighted by Crippen LogP contribution is -2.50. The van der Waals surface area contributed by atoms with Gasteiger partial charge in [0.1, 0.15) is 6.04 Å². The van der Waals surface area contributed by atoms with Crippen molar-refractivity contribution in [2.45, 2.75) is 50.4 Å². The van der Waals surface area contributed by atoms with Crippen molar-refractivity contribution in [1.82, 2.24) is 15.1 Å². The maximum absolute atomic E-state index is 12.9. The first kappa shape index (κ1) is 21.5. The van der Waals surface area contributed by atoms with Crippen molar-refractivity contribution in [2.24, 2.45) is 0 Å². The second-order valence-corrected chi connectivity index (χ2v) is 7.34. The Hall–Kier alpha value is -0.850. The van der Waals surface area contributed by atoms with Crippen LogP contribution in [0.1, 0.15) is 42.9 Å². The molecule has 1 aromatic rings. The van der Waals surface area contributed by atoms with E-state index in [0.29, 0.717) is 6.04 Å². The molecular formula is C19H29Cl2N3O2. The lowest BCUT2D eigenvalue weighted by Gasteiger charge is -2.41. The minimum absolute atomic E-state index is 0. The van der Waals surface area contributed by atoms with Gasteiger partial charge in [0.2, 0.25) is 5.91 Å². The number of hydrogen-bond donors (Lipinski definition) is 2. The molecule has 26 heavy (non-hydrogen) atoms. The van der Waals surface area contributed by atoms with Gasteiger partial charge in [0.05, 0.1) is 6.10 Å². The van der Waals surface area contributed by atoms with Gasteiger partial charge in [-0.1, -0.05) is 24.3 Å². The molecule has 1 unspecified atom stereocenters. The van der Waals surface area contributed by atoms with Crippen LogP contribution < -0.4 is 5.32 Å². The third-order valence-electron chi connectivity index (χ3n) is 5.90. The van der Waals surface area contributed by atoms with Crippen LogP contribution in [0.25, 0.3) is 0 Å². The van der Waals surface area contributed by atoms with E-state index in [1.54, 1.807) is 0 Å². The number of rotatable bonds is 2. The second kappa shape index (κ2) is 9.38. The van der Waals surface area contributed by atoms with E-state index in [4.69, 9.17) is 0 Å². The van der Waals surface area contributed by atoms with Crippen LogP contribution in [0.5, 0.6) is 0 Å². The van der Waals surface area contributed by atoms with Crippen LogP contribution in [-0.2, 0) is 11.3 Å². The van der Waals surface area contributed by atoms with E-state index in [1.165, 1.54) is 5.56 Å². The molecule has 0 bridgehead atoms. The van der Waals surface area contributed by atoms with Gasteiger partial charge in [-0.3, -0.25) is 10.1 Å². The Bertz CT molecular complexity index is 600. The Kier molecular flexibility index (Phi) is 7.74. The molecule has 0 aliphatic carbocycles. The molecule has 2 saturated heterocycles. The average molecular weight is 402 g/mol. The Morgan fingerprint density at radius 1 is 1.00 bits per heavy atom. The quantitative estimate of drug-likeness (QED) is 0.796. The SMILES string of the molecule is Cl.Cl.O=C(C1NCc2ccccc21)N1CCC(N2CCC(O)CC2)CC1. The Balaban J connectivity index is 0.00000121. The minimum Gasteiger partial charge on any atom is -0.393 e. The predicted octanol–water partition coefficient (Wildman–Crippen LogP) is 2.12. The van der Waals surface area contributed by atoms with Crippen molar-refractivity contribution in [3.8, 4) is 0 Å². The lowest BCUT2D eigenvalue weighted by molar-refractivity contribution is -0.135. The number of aliphatic hydroxyl groups is 1. The van der Waals surface area contributed by atoms with E-state index in [-0.39, 0.29) is 42.9 Å². The molecular weight excluding hydrogens is 373 g/mol. The fraction of sp³-hybridized carbons (Fsp3) is 0.632. The molecule has 7 heteroatoms. The minimum atomic E-state index is -0.164. The molecule has 3 heterocycles. The summed E-state index contributed by atoms with van der Waals surface area (Å²) in [6, 6.07) is 8.64. The van der Waals surface area contributed by atoms with Crippen LogP contribution in [0.2, 0.25) is 0 Å². The van der Waals surface area contributed by atoms with E-state index in [0.717, 1.165) is 64.0 Å². The van der Waals surface area contributed by atoms with Gasteiger partial charge in [-0.25, -0.2) is 0 Å². The van der Waals surface area contributed by atoms with Crippen molar-refractivity contribution in [3.05, 3.63) is 35.4 Å². The van der Waals surface area contributed by atoms with Gasteiger partial charge < -0.3 is 14.9 Å². The molecule has 0 spiro atoms. The third kappa shape index (κ3) is 4.34. The zero-order chi connectivity index (χ0) is 16.5. The Labute approximate surface area is 167 Å². The predicted molar refractivity (Wildman–Crippen MR) is 107 cm³/mol. The Morgan fingerprint density at radius 3 is 2.35 bits per heavy atom. The van der Waals surface area contributed by atoms with E-state index in [9.17, 15) is 9.90 Å². The van der Waals surface area contributed by atoms with E-state index >= 15 is 0 Å². The van der Waals surface area contributed by atoms with Gasteiger partial charge >= 0.3 is 0 Å². The van der Waals surface area contributed by atoms with Crippen LogP contribution in [0, 0.1) is 0 Å². The number of nitrogens with one attached hydrogen (secondary N) is 1. The second-order valence-electron chi connectivity index (χ2n) is 7.34. The summed E-state index contributed by atoms with van der Waals surface area (Å²) in [7, 11) is 0. The number of likely N-dealkylation sites (tertiary alicyclic amines) is 2. The van der Waals surface area contributed by atoms with E-state index in [2.05, 4.69) is 22.3 Å². The summed E-state index contributed by atoms with van der Waals surface area (Å²) in [5.74, 6) is 0.229. The van der Waals surface area contributed by atoms with Gasteiger partial charge in [-0.15, -0.1) is 24.8 Å². The van der Waals surface area contributed by atoms with Crippen LogP contribution in [0.4, 0.5) is 0 Å². The number of aliphatic hydroxyl groups excluding tert-OH is 1. The molecule has 1 atom stereocenters. The first-order valence-electron chi connectivity index (χ1n) is 9.24. The van der Waals surface area contributed by atoms with Gasteiger partial charge in [0, 0.05) is 38.8 Å². The van der Waals surface area contributed by atoms with E-state index < -0.39 is 0 Å². The number of carbonyl (C=O) groups is 1. The fourth-order valence-corrected chi connectivity index (χ4v) is 4.40. The molecule has 4 rings (SSSR count). The number of carbonyl (C=O) groups excluding carboxylic acids is 1. The molecule has 0 aromatic heterocycles. The summed E-state index contributed by atoms with van der Waals surface area (Å²) < 4.78 is 0. The third-order valence-corrected chi connectivity index (χ3v) is 5.90. The molecule has 1 aromatic carbocycles. The zero-order valence-corrected chi connectivity index (χ0v) is 16.6. The molecule has 2 N–H and O–H groups in total. The number of halogens is 2. The van der Waals surface area contributed by atoms with Crippen molar-refractivity contribution < 1.29 is 9.90 Å². The molecule has 3 aliphatic rings. The lowest BCUT2D eigenvalue weighted by atomic mass is 9.97. The van der Waals surface area contributed by atoms with Crippen molar-refractivity contribution in [2.75, 3.05) is 26.2 Å². The maximum Gasteiger partial charge on any atom is 0.244 e. The molecule has 1 amide bonds. The van der Waals surface area contributed by atoms with Gasteiger partial charge in [-0.2, -0.15) is 0 Å². The highest BCUT2D eigenvalue weighted by Gasteiger charge is 2.34. The number of amides is 1. The topological polar surface area (TPSA) is 55.8 Å². The zero-order valence-electron chi connectivity index (χ0n) is 15.0. The molecule has 146 valence electrons. The largest absolute Gasteiger partial charge is 0.393 e. The van der Waals surface area contributed by atoms with Crippen LogP contribution in [-0.4, -0.2) is 59.1 Å². The summed E-state index contributed by atoms with van der Waals surface area (Å²) in [5.41, 5.74) is 2.40. The van der Waals surface area contributed by atoms with Crippen LogP contribution >= 0.6 is 24.8 Å². The summed E-state index contributed by atoms with van der Waals surface area (Å²) in [6.07, 6.45) is 3.77. The van der Waals surface area contributed by atoms with Crippen LogP contribution in [0.3, 0.4) is 0 Å². The van der Waals surface area contributed by atoms with Gasteiger partial charge in [-0.05, 0) is 36.8 Å². The molecule has 3 aliphatic heterocycles. The van der Waals surface area contributed by atoms with Gasteiger partial charge in [0.15, 0.2) is 0 Å². The highest BCUT2D eigenvalue weighted by molar-refractivity contribution is 5.86. The number of benzene rings is 1. The number of hydrogen-bond acceptors (Lipinski definition) is 4. The van der Waals surface area contributed by atoms with Gasteiger partial charge in [0.25, 0.3) is 0 Å². The number of fused-ring (bicyclic) bond motifs is 1. The summed E-state index contributed by atoms with van der Waals surface area (Å²) >= 11 is 0. The molecule has 5 nitrogen and oxygen atoms in total. The van der Waals surface area contributed by atoms with Crippen molar-refractivity contribution >= 4 is 30.7 Å². The molecule has 0 radical (unpaired) electrons.